The molecule has 0 aromatic heterocycles. The van der Waals surface area contributed by atoms with Crippen molar-refractivity contribution in [3.8, 4) is 0 Å². The van der Waals surface area contributed by atoms with Crippen LogP contribution >= 0.6 is 0 Å². The smallest absolute Gasteiger partial charge is 0.217 e. The second-order valence-corrected chi connectivity index (χ2v) is 8.54. The lowest BCUT2D eigenvalue weighted by atomic mass is 9.95. The predicted octanol–water partition coefficient (Wildman–Crippen LogP) is -5.63. The highest BCUT2D eigenvalue weighted by molar-refractivity contribution is 5.74. The first-order valence-electron chi connectivity index (χ1n) is 11.2. The molecule has 10 unspecified atom stereocenters. The van der Waals surface area contributed by atoms with Crippen molar-refractivity contribution in [2.45, 2.75) is 88.3 Å². The van der Waals surface area contributed by atoms with Gasteiger partial charge in [0.05, 0.1) is 19.8 Å². The van der Waals surface area contributed by atoms with Gasteiger partial charge in [-0.15, -0.1) is 0 Å². The van der Waals surface area contributed by atoms with E-state index >= 15 is 0 Å². The zero-order valence-electron chi connectivity index (χ0n) is 20.0. The fraction of sp³-hybridized carbons (Fsp3) is 0.850. The minimum absolute atomic E-state index is 0.347. The molecule has 3 amide bonds. The first-order chi connectivity index (χ1) is 16.8. The number of amides is 3. The van der Waals surface area contributed by atoms with Crippen molar-refractivity contribution < 1.29 is 64.0 Å². The summed E-state index contributed by atoms with van der Waals surface area (Å²) in [5.41, 5.74) is 0. The molecule has 0 spiro atoms. The lowest BCUT2D eigenvalue weighted by molar-refractivity contribution is -0.308. The maximum Gasteiger partial charge on any atom is 0.217 e. The molecular formula is C20H35N3O13. The van der Waals surface area contributed by atoms with Gasteiger partial charge in [-0.2, -0.15) is 0 Å². The van der Waals surface area contributed by atoms with Crippen molar-refractivity contribution >= 4 is 17.7 Å². The number of hydrogen-bond acceptors (Lipinski definition) is 13. The van der Waals surface area contributed by atoms with Crippen LogP contribution in [0.25, 0.3) is 0 Å². The fourth-order valence-electron chi connectivity index (χ4n) is 3.88. The molecule has 2 heterocycles. The van der Waals surface area contributed by atoms with E-state index in [0.29, 0.717) is 0 Å². The minimum Gasteiger partial charge on any atom is -0.394 e. The van der Waals surface area contributed by atoms with Crippen molar-refractivity contribution in [3.63, 3.8) is 0 Å². The van der Waals surface area contributed by atoms with Crippen LogP contribution < -0.4 is 16.0 Å². The Morgan fingerprint density at radius 2 is 1.47 bits per heavy atom. The second kappa shape index (κ2) is 13.5. The van der Waals surface area contributed by atoms with Crippen LogP contribution in [0.5, 0.6) is 0 Å². The summed E-state index contributed by atoms with van der Waals surface area (Å²) in [4.78, 5) is 34.2. The van der Waals surface area contributed by atoms with E-state index in [4.69, 9.17) is 18.9 Å². The van der Waals surface area contributed by atoms with Gasteiger partial charge in [0.15, 0.2) is 18.9 Å². The average molecular weight is 526 g/mol. The van der Waals surface area contributed by atoms with E-state index in [9.17, 15) is 45.0 Å². The van der Waals surface area contributed by atoms with Gasteiger partial charge < -0.3 is 65.5 Å². The number of ether oxygens (including phenoxy) is 4. The maximum atomic E-state index is 11.6. The summed E-state index contributed by atoms with van der Waals surface area (Å²) in [6.45, 7) is 1.99. The Morgan fingerprint density at radius 1 is 0.861 bits per heavy atom. The van der Waals surface area contributed by atoms with Crippen molar-refractivity contribution in [1.82, 2.24) is 16.0 Å². The van der Waals surface area contributed by atoms with Gasteiger partial charge in [0.1, 0.15) is 48.7 Å². The molecule has 0 aromatic carbocycles. The SMILES string of the molecule is CC(=O)NC[C@@H](O)OC1C(O)C(COC2OC(CO)C(O)C(O)C2NC(C)=O)OC(O)C1NC(C)=O. The molecular weight excluding hydrogens is 490 g/mol. The van der Waals surface area contributed by atoms with E-state index in [2.05, 4.69) is 16.0 Å². The number of hydrogen-bond donors (Lipinski definition) is 9. The van der Waals surface area contributed by atoms with E-state index in [-0.39, 0.29) is 6.54 Å². The standard InChI is InChI=1S/C20H35N3O13/c1-7(25)21-4-12(28)36-18-14(23-9(3)27)19(32)34-11(16(18)30)6-33-20-13(22-8(2)26)17(31)15(29)10(5-24)35-20/h10-20,24,28-32H,4-6H2,1-3H3,(H,21,25)(H,22,26)(H,23,27)/t10?,11?,12-,13?,14?,15?,16?,17?,18?,19?,20?/m0/s1. The van der Waals surface area contributed by atoms with E-state index in [1.807, 2.05) is 0 Å². The summed E-state index contributed by atoms with van der Waals surface area (Å²) in [6.07, 6.45) is -13.5. The topological polar surface area (TPSA) is 246 Å². The third-order valence-electron chi connectivity index (χ3n) is 5.58. The number of rotatable bonds is 10. The lowest BCUT2D eigenvalue weighted by Gasteiger charge is -2.45. The van der Waals surface area contributed by atoms with Gasteiger partial charge in [-0.25, -0.2) is 0 Å². The molecule has 16 nitrogen and oxygen atoms in total. The molecule has 36 heavy (non-hydrogen) atoms. The first kappa shape index (κ1) is 30.2. The summed E-state index contributed by atoms with van der Waals surface area (Å²) >= 11 is 0. The molecule has 2 saturated heterocycles. The number of carbonyl (C=O) groups excluding carboxylic acids is 3. The molecule has 2 rings (SSSR count). The minimum atomic E-state index is -1.72. The Balaban J connectivity index is 2.15. The Morgan fingerprint density at radius 3 is 2.03 bits per heavy atom. The summed E-state index contributed by atoms with van der Waals surface area (Å²) in [6, 6.07) is -2.57. The van der Waals surface area contributed by atoms with Crippen LogP contribution in [0.3, 0.4) is 0 Å². The largest absolute Gasteiger partial charge is 0.394 e. The highest BCUT2D eigenvalue weighted by Crippen LogP contribution is 2.26. The molecule has 0 saturated carbocycles. The molecule has 2 aliphatic heterocycles. The van der Waals surface area contributed by atoms with E-state index in [1.165, 1.54) is 6.92 Å². The monoisotopic (exact) mass is 525 g/mol. The molecule has 0 bridgehead atoms. The summed E-state index contributed by atoms with van der Waals surface area (Å²) in [7, 11) is 0. The highest BCUT2D eigenvalue weighted by atomic mass is 16.7. The molecule has 9 N–H and O–H groups in total. The van der Waals surface area contributed by atoms with Crippen LogP contribution in [-0.2, 0) is 33.3 Å². The average Bonchev–Trinajstić information content (AvgIpc) is 2.79. The number of nitrogens with one attached hydrogen (secondary N) is 3. The zero-order valence-corrected chi connectivity index (χ0v) is 20.0. The molecule has 208 valence electrons. The normalized spacial score (nSPS) is 37.6. The van der Waals surface area contributed by atoms with Crippen LogP contribution in [0.4, 0.5) is 0 Å². The van der Waals surface area contributed by atoms with E-state index in [1.54, 1.807) is 0 Å². The maximum absolute atomic E-state index is 11.6. The van der Waals surface area contributed by atoms with Crippen molar-refractivity contribution in [2.24, 2.45) is 0 Å². The van der Waals surface area contributed by atoms with Crippen LogP contribution in [0.1, 0.15) is 20.8 Å². The van der Waals surface area contributed by atoms with Gasteiger partial charge in [-0.05, 0) is 0 Å². The Labute approximate surface area is 206 Å². The van der Waals surface area contributed by atoms with Crippen molar-refractivity contribution in [1.29, 1.82) is 0 Å². The summed E-state index contributed by atoms with van der Waals surface area (Å²) < 4.78 is 21.8. The van der Waals surface area contributed by atoms with Gasteiger partial charge in [0, 0.05) is 20.8 Å². The van der Waals surface area contributed by atoms with Gasteiger partial charge >= 0.3 is 0 Å². The Bertz CT molecular complexity index is 758. The third-order valence-corrected chi connectivity index (χ3v) is 5.58. The van der Waals surface area contributed by atoms with Gasteiger partial charge in [-0.3, -0.25) is 14.4 Å². The molecule has 2 aliphatic rings. The molecule has 0 radical (unpaired) electrons. The number of aliphatic hydroxyl groups is 6. The quantitative estimate of drug-likeness (QED) is 0.121. The first-order valence-corrected chi connectivity index (χ1v) is 11.2. The number of carbonyl (C=O) groups is 3. The second-order valence-electron chi connectivity index (χ2n) is 8.54. The van der Waals surface area contributed by atoms with Gasteiger partial charge in [0.2, 0.25) is 17.7 Å². The van der Waals surface area contributed by atoms with Gasteiger partial charge in [-0.1, -0.05) is 0 Å². The molecule has 0 aromatic rings. The van der Waals surface area contributed by atoms with Crippen LogP contribution in [0, 0.1) is 0 Å². The summed E-state index contributed by atoms with van der Waals surface area (Å²) in [5.74, 6) is -1.62. The Hall–Kier alpha value is -1.99. The lowest BCUT2D eigenvalue weighted by Crippen LogP contribution is -2.67. The Kier molecular flexibility index (Phi) is 11.4. The summed E-state index contributed by atoms with van der Waals surface area (Å²) in [5, 5.41) is 68.3. The van der Waals surface area contributed by atoms with Gasteiger partial charge in [0.25, 0.3) is 0 Å². The van der Waals surface area contributed by atoms with Crippen molar-refractivity contribution in [3.05, 3.63) is 0 Å². The van der Waals surface area contributed by atoms with Crippen LogP contribution in [-0.4, -0.2) is 136 Å². The van der Waals surface area contributed by atoms with E-state index in [0.717, 1.165) is 13.8 Å². The zero-order chi connectivity index (χ0) is 27.2. The molecule has 2 fully saturated rings. The van der Waals surface area contributed by atoms with E-state index < -0.39 is 98.5 Å². The fourth-order valence-corrected chi connectivity index (χ4v) is 3.88. The molecule has 11 atom stereocenters. The third kappa shape index (κ3) is 8.01. The van der Waals surface area contributed by atoms with Crippen molar-refractivity contribution in [2.75, 3.05) is 19.8 Å². The molecule has 16 heteroatoms. The molecule has 0 aliphatic carbocycles. The highest BCUT2D eigenvalue weighted by Gasteiger charge is 2.49. The van der Waals surface area contributed by atoms with Crippen LogP contribution in [0.2, 0.25) is 0 Å². The predicted molar refractivity (Wildman–Crippen MR) is 115 cm³/mol. The number of aliphatic hydroxyl groups excluding tert-OH is 6. The van der Waals surface area contributed by atoms with Crippen LogP contribution in [0.15, 0.2) is 0 Å².